The standard InChI is InChI=1S/C8H13N3O3/c1-3-13-8(12)6(9)4-7-5(2)10-14-11-7/h6H,3-4,9H2,1-2H3. The molecule has 1 aromatic rings. The van der Waals surface area contributed by atoms with Gasteiger partial charge in [0.15, 0.2) is 0 Å². The number of esters is 1. The molecule has 6 nitrogen and oxygen atoms in total. The molecule has 0 radical (unpaired) electrons. The molecule has 14 heavy (non-hydrogen) atoms. The molecular formula is C8H13N3O3. The van der Waals surface area contributed by atoms with Gasteiger partial charge in [-0.3, -0.25) is 4.79 Å². The molecule has 0 fully saturated rings. The minimum atomic E-state index is -0.708. The monoisotopic (exact) mass is 199 g/mol. The summed E-state index contributed by atoms with van der Waals surface area (Å²) in [5, 5.41) is 7.21. The summed E-state index contributed by atoms with van der Waals surface area (Å²) in [6, 6.07) is -0.708. The molecule has 1 unspecified atom stereocenters. The summed E-state index contributed by atoms with van der Waals surface area (Å²) in [7, 11) is 0. The highest BCUT2D eigenvalue weighted by molar-refractivity contribution is 5.75. The Labute approximate surface area is 81.4 Å². The van der Waals surface area contributed by atoms with Gasteiger partial charge in [0.1, 0.15) is 17.4 Å². The third-order valence-electron chi connectivity index (χ3n) is 1.75. The molecule has 0 aliphatic rings. The zero-order chi connectivity index (χ0) is 10.6. The maximum atomic E-state index is 11.2. The molecule has 0 amide bonds. The number of aromatic nitrogens is 2. The SMILES string of the molecule is CCOC(=O)C(N)Cc1nonc1C. The van der Waals surface area contributed by atoms with Gasteiger partial charge in [0.25, 0.3) is 0 Å². The Bertz CT molecular complexity index is 311. The Morgan fingerprint density at radius 2 is 2.36 bits per heavy atom. The molecule has 0 aromatic carbocycles. The lowest BCUT2D eigenvalue weighted by Gasteiger charge is -2.07. The quantitative estimate of drug-likeness (QED) is 0.676. The first-order valence-electron chi connectivity index (χ1n) is 4.35. The maximum Gasteiger partial charge on any atom is 0.323 e. The van der Waals surface area contributed by atoms with Gasteiger partial charge >= 0.3 is 5.97 Å². The average molecular weight is 199 g/mol. The van der Waals surface area contributed by atoms with Crippen molar-refractivity contribution in [1.29, 1.82) is 0 Å². The van der Waals surface area contributed by atoms with Gasteiger partial charge in [0.05, 0.1) is 6.61 Å². The topological polar surface area (TPSA) is 91.2 Å². The number of rotatable bonds is 4. The molecule has 0 saturated heterocycles. The molecule has 1 atom stereocenters. The number of nitrogens with zero attached hydrogens (tertiary/aromatic N) is 2. The van der Waals surface area contributed by atoms with E-state index in [9.17, 15) is 4.79 Å². The Kier molecular flexibility index (Phi) is 3.58. The van der Waals surface area contributed by atoms with Crippen molar-refractivity contribution in [3.63, 3.8) is 0 Å². The fourth-order valence-electron chi connectivity index (χ4n) is 0.976. The first-order valence-corrected chi connectivity index (χ1v) is 4.35. The van der Waals surface area contributed by atoms with E-state index >= 15 is 0 Å². The summed E-state index contributed by atoms with van der Waals surface area (Å²) >= 11 is 0. The van der Waals surface area contributed by atoms with E-state index in [-0.39, 0.29) is 6.42 Å². The first-order chi connectivity index (χ1) is 6.65. The van der Waals surface area contributed by atoms with Crippen LogP contribution in [0.1, 0.15) is 18.3 Å². The molecule has 1 rings (SSSR count). The van der Waals surface area contributed by atoms with Crippen LogP contribution in [-0.2, 0) is 16.0 Å². The molecule has 6 heteroatoms. The van der Waals surface area contributed by atoms with Crippen LogP contribution < -0.4 is 5.73 Å². The third-order valence-corrected chi connectivity index (χ3v) is 1.75. The number of hydrogen-bond acceptors (Lipinski definition) is 6. The molecule has 0 aliphatic heterocycles. The second-order valence-corrected chi connectivity index (χ2v) is 2.86. The van der Waals surface area contributed by atoms with E-state index in [0.29, 0.717) is 18.0 Å². The minimum Gasteiger partial charge on any atom is -0.465 e. The molecule has 0 bridgehead atoms. The van der Waals surface area contributed by atoms with Crippen LogP contribution in [0.25, 0.3) is 0 Å². The lowest BCUT2D eigenvalue weighted by Crippen LogP contribution is -2.34. The fourth-order valence-corrected chi connectivity index (χ4v) is 0.976. The Hall–Kier alpha value is -1.43. The molecule has 78 valence electrons. The Balaban J connectivity index is 2.52. The molecule has 0 saturated carbocycles. The van der Waals surface area contributed by atoms with Gasteiger partial charge in [-0.05, 0) is 13.8 Å². The smallest absolute Gasteiger partial charge is 0.323 e. The van der Waals surface area contributed by atoms with Crippen molar-refractivity contribution in [2.45, 2.75) is 26.3 Å². The summed E-state index contributed by atoms with van der Waals surface area (Å²) in [5.41, 5.74) is 6.81. The molecule has 0 aliphatic carbocycles. The van der Waals surface area contributed by atoms with E-state index in [4.69, 9.17) is 10.5 Å². The van der Waals surface area contributed by atoms with Crippen molar-refractivity contribution in [2.75, 3.05) is 6.61 Å². The highest BCUT2D eigenvalue weighted by atomic mass is 16.6. The summed E-state index contributed by atoms with van der Waals surface area (Å²) < 4.78 is 9.23. The van der Waals surface area contributed by atoms with Crippen molar-refractivity contribution in [3.05, 3.63) is 11.4 Å². The molecular weight excluding hydrogens is 186 g/mol. The van der Waals surface area contributed by atoms with Crippen LogP contribution in [0.5, 0.6) is 0 Å². The highest BCUT2D eigenvalue weighted by Crippen LogP contribution is 2.04. The minimum absolute atomic E-state index is 0.286. The van der Waals surface area contributed by atoms with Gasteiger partial charge in [-0.25, -0.2) is 4.63 Å². The third kappa shape index (κ3) is 2.53. The van der Waals surface area contributed by atoms with E-state index < -0.39 is 12.0 Å². The van der Waals surface area contributed by atoms with Crippen LogP contribution in [-0.4, -0.2) is 28.9 Å². The van der Waals surface area contributed by atoms with Crippen molar-refractivity contribution in [1.82, 2.24) is 10.3 Å². The zero-order valence-electron chi connectivity index (χ0n) is 8.19. The number of ether oxygens (including phenoxy) is 1. The lowest BCUT2D eigenvalue weighted by molar-refractivity contribution is -0.144. The number of carbonyl (C=O) groups is 1. The number of hydrogen-bond donors (Lipinski definition) is 1. The summed E-state index contributed by atoms with van der Waals surface area (Å²) in [6.45, 7) is 3.79. The predicted octanol–water partition coefficient (Wildman–Crippen LogP) is -0.189. The highest BCUT2D eigenvalue weighted by Gasteiger charge is 2.18. The van der Waals surface area contributed by atoms with Crippen LogP contribution in [0, 0.1) is 6.92 Å². The number of carbonyl (C=O) groups excluding carboxylic acids is 1. The summed E-state index contributed by atoms with van der Waals surface area (Å²) in [5.74, 6) is -0.435. The predicted molar refractivity (Wildman–Crippen MR) is 47.3 cm³/mol. The van der Waals surface area contributed by atoms with Crippen LogP contribution in [0.15, 0.2) is 4.63 Å². The maximum absolute atomic E-state index is 11.2. The zero-order valence-corrected chi connectivity index (χ0v) is 8.19. The normalized spacial score (nSPS) is 12.5. The molecule has 1 aromatic heterocycles. The van der Waals surface area contributed by atoms with E-state index in [1.54, 1.807) is 13.8 Å². The van der Waals surface area contributed by atoms with E-state index in [0.717, 1.165) is 0 Å². The van der Waals surface area contributed by atoms with Gasteiger partial charge in [0, 0.05) is 6.42 Å². The van der Waals surface area contributed by atoms with Crippen molar-refractivity contribution >= 4 is 5.97 Å². The molecule has 1 heterocycles. The van der Waals surface area contributed by atoms with Crippen molar-refractivity contribution in [2.24, 2.45) is 5.73 Å². The largest absolute Gasteiger partial charge is 0.465 e. The second kappa shape index (κ2) is 4.71. The van der Waals surface area contributed by atoms with Gasteiger partial charge in [-0.15, -0.1) is 0 Å². The fraction of sp³-hybridized carbons (Fsp3) is 0.625. The van der Waals surface area contributed by atoms with Crippen LogP contribution in [0.4, 0.5) is 0 Å². The Morgan fingerprint density at radius 3 is 2.86 bits per heavy atom. The van der Waals surface area contributed by atoms with Crippen molar-refractivity contribution in [3.8, 4) is 0 Å². The Morgan fingerprint density at radius 1 is 1.64 bits per heavy atom. The van der Waals surface area contributed by atoms with Gasteiger partial charge in [-0.1, -0.05) is 10.3 Å². The summed E-state index contributed by atoms with van der Waals surface area (Å²) in [6.07, 6.45) is 0.286. The van der Waals surface area contributed by atoms with Gasteiger partial charge in [-0.2, -0.15) is 0 Å². The number of nitrogens with two attached hydrogens (primary N) is 1. The van der Waals surface area contributed by atoms with Crippen LogP contribution in [0.3, 0.4) is 0 Å². The number of aryl methyl sites for hydroxylation is 1. The van der Waals surface area contributed by atoms with Crippen molar-refractivity contribution < 1.29 is 14.2 Å². The lowest BCUT2D eigenvalue weighted by atomic mass is 10.1. The summed E-state index contributed by atoms with van der Waals surface area (Å²) in [4.78, 5) is 11.2. The molecule has 2 N–H and O–H groups in total. The van der Waals surface area contributed by atoms with Crippen LogP contribution >= 0.6 is 0 Å². The first kappa shape index (κ1) is 10.6. The van der Waals surface area contributed by atoms with Gasteiger partial charge < -0.3 is 10.5 Å². The second-order valence-electron chi connectivity index (χ2n) is 2.86. The van der Waals surface area contributed by atoms with Gasteiger partial charge in [0.2, 0.25) is 0 Å². The van der Waals surface area contributed by atoms with Crippen LogP contribution in [0.2, 0.25) is 0 Å². The van der Waals surface area contributed by atoms with E-state index in [2.05, 4.69) is 14.9 Å². The average Bonchev–Trinajstić information content (AvgIpc) is 2.52. The molecule has 0 spiro atoms. The van der Waals surface area contributed by atoms with E-state index in [1.807, 2.05) is 0 Å². The van der Waals surface area contributed by atoms with E-state index in [1.165, 1.54) is 0 Å².